The van der Waals surface area contributed by atoms with E-state index >= 15 is 8.78 Å². The van der Waals surface area contributed by atoms with Crippen LogP contribution in [0.4, 0.5) is 8.78 Å². The zero-order valence-electron chi connectivity index (χ0n) is 29.0. The lowest BCUT2D eigenvalue weighted by atomic mass is 9.99. The molecule has 0 unspecified atom stereocenters. The highest BCUT2D eigenvalue weighted by atomic mass is 19.1. The fourth-order valence-corrected chi connectivity index (χ4v) is 7.31. The van der Waals surface area contributed by atoms with Crippen molar-refractivity contribution in [2.24, 2.45) is 7.05 Å². The number of nitrogens with zero attached hydrogens (tertiary/aromatic N) is 6. The largest absolute Gasteiger partial charge is 0.375 e. The van der Waals surface area contributed by atoms with E-state index in [2.05, 4.69) is 19.8 Å². The molecule has 4 aromatic heterocycles. The van der Waals surface area contributed by atoms with Gasteiger partial charge in [-0.25, -0.2) is 13.6 Å². The molecule has 14 heteroatoms. The van der Waals surface area contributed by atoms with Gasteiger partial charge in [-0.2, -0.15) is 0 Å². The number of ether oxygens (including phenoxy) is 1. The number of likely N-dealkylation sites (tertiary alicyclic amines) is 2. The van der Waals surface area contributed by atoms with E-state index in [0.29, 0.717) is 47.1 Å². The van der Waals surface area contributed by atoms with Crippen molar-refractivity contribution in [1.29, 1.82) is 0 Å². The Morgan fingerprint density at radius 2 is 1.50 bits per heavy atom. The molecule has 0 bridgehead atoms. The quantitative estimate of drug-likeness (QED) is 0.234. The van der Waals surface area contributed by atoms with Crippen molar-refractivity contribution < 1.29 is 13.5 Å². The van der Waals surface area contributed by atoms with Gasteiger partial charge in [-0.15, -0.1) is 0 Å². The smallest absolute Gasteiger partial charge is 0.328 e. The van der Waals surface area contributed by atoms with E-state index in [4.69, 9.17) is 4.74 Å². The lowest BCUT2D eigenvalue weighted by molar-refractivity contribution is -0.0659. The van der Waals surface area contributed by atoms with E-state index < -0.39 is 22.9 Å². The number of pyridine rings is 3. The van der Waals surface area contributed by atoms with E-state index in [1.54, 1.807) is 36.0 Å². The van der Waals surface area contributed by atoms with Gasteiger partial charge in [-0.05, 0) is 55.3 Å². The lowest BCUT2D eigenvalue weighted by Crippen LogP contribution is -2.43. The summed E-state index contributed by atoms with van der Waals surface area (Å²) in [6.07, 6.45) is 11.3. The maximum atomic E-state index is 15.5. The maximum Gasteiger partial charge on any atom is 0.328 e. The van der Waals surface area contributed by atoms with Crippen molar-refractivity contribution in [3.63, 3.8) is 0 Å². The molecule has 0 atom stereocenters. The number of aromatic amines is 1. The second-order valence-corrected chi connectivity index (χ2v) is 13.7. The molecule has 2 aliphatic rings. The first-order valence-corrected chi connectivity index (χ1v) is 17.6. The van der Waals surface area contributed by atoms with E-state index in [-0.39, 0.29) is 35.4 Å². The van der Waals surface area contributed by atoms with Gasteiger partial charge in [0, 0.05) is 112 Å². The lowest BCUT2D eigenvalue weighted by Gasteiger charge is -2.37. The van der Waals surface area contributed by atoms with Crippen LogP contribution in [0.25, 0.3) is 21.9 Å². The van der Waals surface area contributed by atoms with Gasteiger partial charge in [0.1, 0.15) is 11.6 Å². The minimum atomic E-state index is -0.556. The number of hydrogen-bond donors (Lipinski definition) is 1. The average molecular weight is 714 g/mol. The van der Waals surface area contributed by atoms with Crippen LogP contribution in [0.15, 0.2) is 86.6 Å². The van der Waals surface area contributed by atoms with Gasteiger partial charge in [0.05, 0.1) is 24.1 Å². The summed E-state index contributed by atoms with van der Waals surface area (Å²) in [6, 6.07) is 8.88. The summed E-state index contributed by atoms with van der Waals surface area (Å²) in [5.41, 5.74) is -0.149. The van der Waals surface area contributed by atoms with Gasteiger partial charge in [0.2, 0.25) is 0 Å². The normalized spacial score (nSPS) is 16.5. The van der Waals surface area contributed by atoms with Crippen LogP contribution in [-0.2, 0) is 31.4 Å². The van der Waals surface area contributed by atoms with E-state index in [9.17, 15) is 19.2 Å². The van der Waals surface area contributed by atoms with Crippen LogP contribution < -0.4 is 22.4 Å². The third kappa shape index (κ3) is 7.73. The molecule has 0 aliphatic carbocycles. The number of nitrogens with one attached hydrogen (secondary N) is 1. The predicted molar refractivity (Wildman–Crippen MR) is 192 cm³/mol. The molecule has 2 aliphatic heterocycles. The maximum absolute atomic E-state index is 15.5. The highest BCUT2D eigenvalue weighted by Crippen LogP contribution is 2.31. The van der Waals surface area contributed by atoms with Crippen molar-refractivity contribution >= 4 is 10.8 Å². The molecule has 1 aromatic carbocycles. The zero-order chi connectivity index (χ0) is 36.4. The molecule has 7 rings (SSSR count). The van der Waals surface area contributed by atoms with Crippen molar-refractivity contribution in [2.45, 2.75) is 57.5 Å². The highest BCUT2D eigenvalue weighted by molar-refractivity contribution is 5.95. The molecule has 2 fully saturated rings. The molecular formula is C38H41F2N7O5. The molecule has 6 heterocycles. The molecule has 12 nitrogen and oxygen atoms in total. The fourth-order valence-electron chi connectivity index (χ4n) is 7.31. The number of H-pyrrole nitrogens is 1. The van der Waals surface area contributed by atoms with Crippen LogP contribution in [0.3, 0.4) is 0 Å². The summed E-state index contributed by atoms with van der Waals surface area (Å²) in [5, 5.41) is 0.872. The summed E-state index contributed by atoms with van der Waals surface area (Å²) in [4.78, 5) is 59.7. The second-order valence-electron chi connectivity index (χ2n) is 13.7. The summed E-state index contributed by atoms with van der Waals surface area (Å²) in [7, 11) is 1.58. The average Bonchev–Trinajstić information content (AvgIpc) is 3.14. The van der Waals surface area contributed by atoms with Crippen LogP contribution in [0.2, 0.25) is 0 Å². The number of halogens is 2. The predicted octanol–water partition coefficient (Wildman–Crippen LogP) is 3.08. The zero-order valence-corrected chi connectivity index (χ0v) is 29.0. The van der Waals surface area contributed by atoms with Crippen molar-refractivity contribution in [3.8, 4) is 11.1 Å². The van der Waals surface area contributed by atoms with Gasteiger partial charge in [0.15, 0.2) is 0 Å². The van der Waals surface area contributed by atoms with Gasteiger partial charge in [-0.1, -0.05) is 6.07 Å². The number of benzene rings is 1. The fraction of sp³-hybridized carbons (Fsp3) is 0.395. The van der Waals surface area contributed by atoms with Gasteiger partial charge >= 0.3 is 5.69 Å². The standard InChI is InChI=1S/C38H41F2N7O5/c1-43-24-32(29-4-10-41-21-31(29)37(43)50)30-20-33(39)26(19-34(30)40)22-45-14-7-28(8-15-45)52-27-5-12-44(13-6-27)17-18-46-11-2-3-25(36(46)49)23-47-16-9-35(48)42-38(47)51/h2-4,9-11,16,19-21,24,27-28H,5-8,12-15,17-18,22-23H2,1H3,(H,42,48,51). The SMILES string of the molecule is Cn1cc(-c2cc(F)c(CN3CCC(OC4CCN(CCn5cccc(Cn6ccc(=O)[nH]c6=O)c5=O)CC4)CC3)cc2F)c2ccncc2c1=O. The van der Waals surface area contributed by atoms with Crippen LogP contribution in [0.5, 0.6) is 0 Å². The Labute approximate surface area is 297 Å². The first-order valence-electron chi connectivity index (χ1n) is 17.6. The minimum absolute atomic E-state index is 0.0787. The Bertz CT molecular complexity index is 2320. The third-order valence-electron chi connectivity index (χ3n) is 10.3. The van der Waals surface area contributed by atoms with E-state index in [0.717, 1.165) is 51.9 Å². The van der Waals surface area contributed by atoms with Crippen molar-refractivity contribution in [1.82, 2.24) is 33.5 Å². The molecule has 0 spiro atoms. The molecule has 52 heavy (non-hydrogen) atoms. The minimum Gasteiger partial charge on any atom is -0.375 e. The van der Waals surface area contributed by atoms with Gasteiger partial charge in [0.25, 0.3) is 16.7 Å². The number of rotatable bonds is 10. The van der Waals surface area contributed by atoms with Crippen LogP contribution in [-0.4, -0.2) is 78.4 Å². The Kier molecular flexibility index (Phi) is 10.4. The summed E-state index contributed by atoms with van der Waals surface area (Å²) < 4.78 is 41.7. The summed E-state index contributed by atoms with van der Waals surface area (Å²) >= 11 is 0. The highest BCUT2D eigenvalue weighted by Gasteiger charge is 2.27. The van der Waals surface area contributed by atoms with Crippen LogP contribution in [0, 0.1) is 11.6 Å². The Balaban J connectivity index is 0.875. The molecule has 0 radical (unpaired) electrons. The monoisotopic (exact) mass is 713 g/mol. The molecule has 272 valence electrons. The van der Waals surface area contributed by atoms with Crippen molar-refractivity contribution in [2.75, 3.05) is 32.7 Å². The number of hydrogen-bond acceptors (Lipinski definition) is 8. The van der Waals surface area contributed by atoms with Crippen LogP contribution in [0.1, 0.15) is 36.8 Å². The molecule has 1 N–H and O–H groups in total. The van der Waals surface area contributed by atoms with Crippen LogP contribution >= 0.6 is 0 Å². The second kappa shape index (κ2) is 15.3. The first-order chi connectivity index (χ1) is 25.1. The summed E-state index contributed by atoms with van der Waals surface area (Å²) in [5.74, 6) is -1.03. The number of aryl methyl sites for hydroxylation is 1. The topological polar surface area (TPSA) is 127 Å². The number of aromatic nitrogens is 5. The van der Waals surface area contributed by atoms with E-state index in [1.807, 2.05) is 0 Å². The van der Waals surface area contributed by atoms with E-state index in [1.165, 1.54) is 52.1 Å². The summed E-state index contributed by atoms with van der Waals surface area (Å²) in [6.45, 7) is 4.76. The van der Waals surface area contributed by atoms with Gasteiger partial charge < -0.3 is 18.8 Å². The molecule has 0 amide bonds. The molecule has 2 saturated heterocycles. The molecular weight excluding hydrogens is 672 g/mol. The number of piperidine rings is 2. The number of fused-ring (bicyclic) bond motifs is 1. The molecule has 5 aromatic rings. The Morgan fingerprint density at radius 1 is 0.769 bits per heavy atom. The Hall–Kier alpha value is -5.05. The molecule has 0 saturated carbocycles. The van der Waals surface area contributed by atoms with Gasteiger partial charge in [-0.3, -0.25) is 33.8 Å². The third-order valence-corrected chi connectivity index (χ3v) is 10.3. The Morgan fingerprint density at radius 3 is 2.23 bits per heavy atom. The first kappa shape index (κ1) is 35.4. The van der Waals surface area contributed by atoms with Crippen molar-refractivity contribution in [3.05, 3.63) is 132 Å².